The van der Waals surface area contributed by atoms with Crippen molar-refractivity contribution in [3.63, 3.8) is 0 Å². The summed E-state index contributed by atoms with van der Waals surface area (Å²) in [5, 5.41) is 10.8. The Morgan fingerprint density at radius 1 is 1.17 bits per heavy atom. The highest BCUT2D eigenvalue weighted by Crippen LogP contribution is 2.31. The van der Waals surface area contributed by atoms with Crippen molar-refractivity contribution >= 4 is 28.3 Å². The van der Waals surface area contributed by atoms with Crippen LogP contribution in [-0.2, 0) is 6.54 Å². The van der Waals surface area contributed by atoms with Gasteiger partial charge in [0.05, 0.1) is 27.2 Å². The summed E-state index contributed by atoms with van der Waals surface area (Å²) < 4.78 is 1.80. The molecule has 30 heavy (non-hydrogen) atoms. The Kier molecular flexibility index (Phi) is 5.48. The normalized spacial score (nSPS) is 14.8. The molecule has 7 heteroatoms. The van der Waals surface area contributed by atoms with Gasteiger partial charge in [-0.1, -0.05) is 23.7 Å². The highest BCUT2D eigenvalue weighted by Gasteiger charge is 2.25. The summed E-state index contributed by atoms with van der Waals surface area (Å²) in [4.78, 5) is 24.3. The van der Waals surface area contributed by atoms with E-state index in [0.717, 1.165) is 54.3 Å². The Morgan fingerprint density at radius 3 is 2.57 bits per heavy atom. The molecule has 1 fully saturated rings. The van der Waals surface area contributed by atoms with Crippen molar-refractivity contribution in [2.45, 2.75) is 40.2 Å². The second kappa shape index (κ2) is 8.08. The molecule has 1 saturated heterocycles. The van der Waals surface area contributed by atoms with Gasteiger partial charge in [0.25, 0.3) is 5.56 Å². The SMILES string of the molecule is Cc1nc(N2CCC(Cn3c(C)nc4ccccc4c3=O)CC2)c(C#N)c(C)c1Cl. The first-order valence-corrected chi connectivity index (χ1v) is 10.6. The number of fused-ring (bicyclic) bond motifs is 1. The minimum Gasteiger partial charge on any atom is -0.355 e. The molecule has 0 amide bonds. The van der Waals surface area contributed by atoms with Gasteiger partial charge in [0, 0.05) is 19.6 Å². The molecule has 4 rings (SSSR count). The number of hydrogen-bond acceptors (Lipinski definition) is 5. The molecule has 1 aliphatic rings. The van der Waals surface area contributed by atoms with Crippen molar-refractivity contribution in [3.8, 4) is 6.07 Å². The highest BCUT2D eigenvalue weighted by molar-refractivity contribution is 6.32. The van der Waals surface area contributed by atoms with Gasteiger partial charge in [0.1, 0.15) is 17.7 Å². The van der Waals surface area contributed by atoms with E-state index in [9.17, 15) is 10.1 Å². The molecule has 6 nitrogen and oxygen atoms in total. The maximum absolute atomic E-state index is 13.0. The first kappa shape index (κ1) is 20.4. The number of pyridine rings is 1. The van der Waals surface area contributed by atoms with E-state index in [4.69, 9.17) is 11.6 Å². The summed E-state index contributed by atoms with van der Waals surface area (Å²) >= 11 is 6.29. The molecule has 0 spiro atoms. The molecule has 3 aromatic rings. The first-order valence-electron chi connectivity index (χ1n) is 10.2. The number of aryl methyl sites for hydroxylation is 2. The molecule has 3 heterocycles. The van der Waals surface area contributed by atoms with Crippen LogP contribution in [0, 0.1) is 38.0 Å². The lowest BCUT2D eigenvalue weighted by Crippen LogP contribution is -2.38. The number of aromatic nitrogens is 3. The van der Waals surface area contributed by atoms with Crippen LogP contribution in [0.1, 0.15) is 35.5 Å². The van der Waals surface area contributed by atoms with E-state index < -0.39 is 0 Å². The Labute approximate surface area is 180 Å². The fourth-order valence-electron chi connectivity index (χ4n) is 4.25. The van der Waals surface area contributed by atoms with Crippen LogP contribution in [0.15, 0.2) is 29.1 Å². The molecule has 0 radical (unpaired) electrons. The quantitative estimate of drug-likeness (QED) is 0.634. The predicted octanol–water partition coefficient (Wildman–Crippen LogP) is 4.16. The lowest BCUT2D eigenvalue weighted by molar-refractivity contribution is 0.348. The van der Waals surface area contributed by atoms with Gasteiger partial charge in [0.2, 0.25) is 0 Å². The summed E-state index contributed by atoms with van der Waals surface area (Å²) in [6.45, 7) is 7.88. The fourth-order valence-corrected chi connectivity index (χ4v) is 4.39. The van der Waals surface area contributed by atoms with Crippen LogP contribution in [0.2, 0.25) is 5.02 Å². The number of benzene rings is 1. The van der Waals surface area contributed by atoms with Gasteiger partial charge in [-0.3, -0.25) is 9.36 Å². The Bertz CT molecular complexity index is 1220. The van der Waals surface area contributed by atoms with Crippen molar-refractivity contribution in [1.82, 2.24) is 14.5 Å². The van der Waals surface area contributed by atoms with Crippen molar-refractivity contribution in [2.24, 2.45) is 5.92 Å². The van der Waals surface area contributed by atoms with Gasteiger partial charge in [0.15, 0.2) is 0 Å². The Hall–Kier alpha value is -2.91. The molecular formula is C23H24ClN5O. The van der Waals surface area contributed by atoms with E-state index >= 15 is 0 Å². The summed E-state index contributed by atoms with van der Waals surface area (Å²) in [6, 6.07) is 9.76. The number of hydrogen-bond donors (Lipinski definition) is 0. The van der Waals surface area contributed by atoms with E-state index in [1.165, 1.54) is 0 Å². The number of piperidine rings is 1. The number of halogens is 1. The summed E-state index contributed by atoms with van der Waals surface area (Å²) in [5.74, 6) is 1.84. The van der Waals surface area contributed by atoms with E-state index in [1.807, 2.05) is 45.0 Å². The van der Waals surface area contributed by atoms with E-state index in [-0.39, 0.29) is 5.56 Å². The molecule has 0 unspecified atom stereocenters. The second-order valence-corrected chi connectivity index (χ2v) is 8.35. The standard InChI is InChI=1S/C23H24ClN5O/c1-14-19(12-25)22(26-15(2)21(14)24)28-10-8-17(9-11-28)13-29-16(3)27-20-7-5-4-6-18(20)23(29)30/h4-7,17H,8-11,13H2,1-3H3. The fraction of sp³-hybridized carbons (Fsp3) is 0.391. The Balaban J connectivity index is 1.54. The number of rotatable bonds is 3. The number of nitrogens with zero attached hydrogens (tertiary/aromatic N) is 5. The maximum Gasteiger partial charge on any atom is 0.261 e. The summed E-state index contributed by atoms with van der Waals surface area (Å²) in [6.07, 6.45) is 1.85. The van der Waals surface area contributed by atoms with E-state index in [1.54, 1.807) is 4.57 Å². The lowest BCUT2D eigenvalue weighted by atomic mass is 9.96. The monoisotopic (exact) mass is 421 g/mol. The van der Waals surface area contributed by atoms with Gasteiger partial charge in [-0.25, -0.2) is 9.97 Å². The molecule has 0 N–H and O–H groups in total. The number of para-hydroxylation sites is 1. The molecule has 1 aromatic carbocycles. The van der Waals surface area contributed by atoms with Gasteiger partial charge in [-0.2, -0.15) is 5.26 Å². The molecule has 1 aliphatic heterocycles. The molecule has 0 atom stereocenters. The number of nitriles is 1. The zero-order chi connectivity index (χ0) is 21.4. The van der Waals surface area contributed by atoms with Crippen LogP contribution in [0.3, 0.4) is 0 Å². The van der Waals surface area contributed by atoms with Crippen LogP contribution in [0.25, 0.3) is 10.9 Å². The van der Waals surface area contributed by atoms with Crippen LogP contribution in [-0.4, -0.2) is 27.6 Å². The van der Waals surface area contributed by atoms with Crippen LogP contribution in [0.5, 0.6) is 0 Å². The summed E-state index contributed by atoms with van der Waals surface area (Å²) in [7, 11) is 0. The minimum absolute atomic E-state index is 0.0258. The van der Waals surface area contributed by atoms with Crippen molar-refractivity contribution < 1.29 is 0 Å². The smallest absolute Gasteiger partial charge is 0.261 e. The summed E-state index contributed by atoms with van der Waals surface area (Å²) in [5.41, 5.74) is 2.85. The van der Waals surface area contributed by atoms with E-state index in [0.29, 0.717) is 28.4 Å². The lowest BCUT2D eigenvalue weighted by Gasteiger charge is -2.34. The third kappa shape index (κ3) is 3.54. The predicted molar refractivity (Wildman–Crippen MR) is 119 cm³/mol. The van der Waals surface area contributed by atoms with Crippen LogP contribution >= 0.6 is 11.6 Å². The zero-order valence-electron chi connectivity index (χ0n) is 17.4. The van der Waals surface area contributed by atoms with Gasteiger partial charge in [-0.05, 0) is 57.2 Å². The first-order chi connectivity index (χ1) is 14.4. The van der Waals surface area contributed by atoms with Crippen LogP contribution in [0.4, 0.5) is 5.82 Å². The largest absolute Gasteiger partial charge is 0.355 e. The molecular weight excluding hydrogens is 398 g/mol. The molecule has 154 valence electrons. The van der Waals surface area contributed by atoms with Crippen molar-refractivity contribution in [2.75, 3.05) is 18.0 Å². The average Bonchev–Trinajstić information content (AvgIpc) is 2.75. The third-order valence-electron chi connectivity index (χ3n) is 6.04. The van der Waals surface area contributed by atoms with Gasteiger partial charge >= 0.3 is 0 Å². The number of anilines is 1. The highest BCUT2D eigenvalue weighted by atomic mass is 35.5. The zero-order valence-corrected chi connectivity index (χ0v) is 18.2. The third-order valence-corrected chi connectivity index (χ3v) is 6.60. The average molecular weight is 422 g/mol. The topological polar surface area (TPSA) is 74.8 Å². The van der Waals surface area contributed by atoms with Gasteiger partial charge < -0.3 is 4.90 Å². The Morgan fingerprint density at radius 2 is 1.87 bits per heavy atom. The van der Waals surface area contributed by atoms with Gasteiger partial charge in [-0.15, -0.1) is 0 Å². The van der Waals surface area contributed by atoms with E-state index in [2.05, 4.69) is 20.9 Å². The molecule has 0 saturated carbocycles. The minimum atomic E-state index is 0.0258. The van der Waals surface area contributed by atoms with Crippen molar-refractivity contribution in [3.05, 3.63) is 62.3 Å². The molecule has 2 aromatic heterocycles. The molecule has 0 aliphatic carbocycles. The second-order valence-electron chi connectivity index (χ2n) is 7.97. The van der Waals surface area contributed by atoms with Crippen molar-refractivity contribution in [1.29, 1.82) is 5.26 Å². The maximum atomic E-state index is 13.0. The van der Waals surface area contributed by atoms with Crippen LogP contribution < -0.4 is 10.5 Å². The molecule has 0 bridgehead atoms.